The predicted molar refractivity (Wildman–Crippen MR) is 84.8 cm³/mol. The normalized spacial score (nSPS) is 11.9. The summed E-state index contributed by atoms with van der Waals surface area (Å²) < 4.78 is 0. The molecular formula is C15H27N3S. The fourth-order valence-corrected chi connectivity index (χ4v) is 2.51. The Morgan fingerprint density at radius 3 is 2.16 bits per heavy atom. The van der Waals surface area contributed by atoms with Crippen LogP contribution in [0.5, 0.6) is 0 Å². The molecule has 108 valence electrons. The third-order valence-corrected chi connectivity index (χ3v) is 3.80. The van der Waals surface area contributed by atoms with Gasteiger partial charge in [0.15, 0.2) is 0 Å². The number of nitrogens with zero attached hydrogens (tertiary/aromatic N) is 2. The lowest BCUT2D eigenvalue weighted by molar-refractivity contribution is 0.429. The lowest BCUT2D eigenvalue weighted by Gasteiger charge is -2.21. The second-order valence-electron chi connectivity index (χ2n) is 5.85. The molecular weight excluding hydrogens is 254 g/mol. The van der Waals surface area contributed by atoms with Gasteiger partial charge in [0.05, 0.1) is 5.75 Å². The van der Waals surface area contributed by atoms with Crippen LogP contribution in [0, 0.1) is 13.8 Å². The molecule has 0 aromatic carbocycles. The van der Waals surface area contributed by atoms with Gasteiger partial charge in [0.2, 0.25) is 0 Å². The van der Waals surface area contributed by atoms with Crippen molar-refractivity contribution in [2.75, 3.05) is 12.3 Å². The van der Waals surface area contributed by atoms with Crippen LogP contribution in [-0.4, -0.2) is 27.8 Å². The molecule has 0 spiro atoms. The van der Waals surface area contributed by atoms with Gasteiger partial charge in [0.1, 0.15) is 5.82 Å². The Morgan fingerprint density at radius 1 is 1.11 bits per heavy atom. The number of hydrogen-bond acceptors (Lipinski definition) is 4. The van der Waals surface area contributed by atoms with Gasteiger partial charge in [-0.15, -0.1) is 0 Å². The maximum atomic E-state index is 4.63. The van der Waals surface area contributed by atoms with Gasteiger partial charge in [-0.3, -0.25) is 0 Å². The SMILES string of the molecule is CCSCc1nc(C)c(CCNC(C)(C)C)c(C)n1. The van der Waals surface area contributed by atoms with Gasteiger partial charge < -0.3 is 5.32 Å². The first-order chi connectivity index (χ1) is 8.83. The lowest BCUT2D eigenvalue weighted by atomic mass is 10.1. The first-order valence-corrected chi connectivity index (χ1v) is 8.14. The third-order valence-electron chi connectivity index (χ3n) is 2.93. The van der Waals surface area contributed by atoms with Crippen molar-refractivity contribution >= 4 is 11.8 Å². The Kier molecular flexibility index (Phi) is 6.27. The largest absolute Gasteiger partial charge is 0.312 e. The van der Waals surface area contributed by atoms with Crippen molar-refractivity contribution in [3.05, 3.63) is 22.8 Å². The number of thioether (sulfide) groups is 1. The van der Waals surface area contributed by atoms with E-state index in [2.05, 4.69) is 56.8 Å². The summed E-state index contributed by atoms with van der Waals surface area (Å²) in [6, 6.07) is 0. The van der Waals surface area contributed by atoms with E-state index in [1.165, 1.54) is 5.56 Å². The van der Waals surface area contributed by atoms with Crippen LogP contribution in [0.15, 0.2) is 0 Å². The molecule has 19 heavy (non-hydrogen) atoms. The number of aryl methyl sites for hydroxylation is 2. The number of aromatic nitrogens is 2. The summed E-state index contributed by atoms with van der Waals surface area (Å²) in [6.45, 7) is 13.9. The first kappa shape index (κ1) is 16.4. The zero-order valence-electron chi connectivity index (χ0n) is 13.1. The molecule has 0 atom stereocenters. The molecule has 1 aromatic heterocycles. The van der Waals surface area contributed by atoms with E-state index in [-0.39, 0.29) is 5.54 Å². The molecule has 0 radical (unpaired) electrons. The lowest BCUT2D eigenvalue weighted by Crippen LogP contribution is -2.37. The van der Waals surface area contributed by atoms with Crippen molar-refractivity contribution in [3.8, 4) is 0 Å². The van der Waals surface area contributed by atoms with Gasteiger partial charge in [-0.25, -0.2) is 9.97 Å². The summed E-state index contributed by atoms with van der Waals surface area (Å²) >= 11 is 1.87. The van der Waals surface area contributed by atoms with Gasteiger partial charge >= 0.3 is 0 Å². The minimum Gasteiger partial charge on any atom is -0.312 e. The summed E-state index contributed by atoms with van der Waals surface area (Å²) in [5.74, 6) is 2.99. The second kappa shape index (κ2) is 7.25. The molecule has 4 heteroatoms. The van der Waals surface area contributed by atoms with Gasteiger partial charge in [0.25, 0.3) is 0 Å². The van der Waals surface area contributed by atoms with E-state index in [0.29, 0.717) is 0 Å². The zero-order valence-corrected chi connectivity index (χ0v) is 13.9. The monoisotopic (exact) mass is 281 g/mol. The van der Waals surface area contributed by atoms with Crippen LogP contribution in [0.4, 0.5) is 0 Å². The molecule has 0 saturated carbocycles. The number of rotatable bonds is 6. The van der Waals surface area contributed by atoms with E-state index < -0.39 is 0 Å². The highest BCUT2D eigenvalue weighted by atomic mass is 32.2. The quantitative estimate of drug-likeness (QED) is 0.868. The summed E-state index contributed by atoms with van der Waals surface area (Å²) in [6.07, 6.45) is 0.996. The molecule has 0 amide bonds. The molecule has 1 heterocycles. The summed E-state index contributed by atoms with van der Waals surface area (Å²) in [7, 11) is 0. The van der Waals surface area contributed by atoms with Gasteiger partial charge in [-0.05, 0) is 58.9 Å². The van der Waals surface area contributed by atoms with Crippen molar-refractivity contribution in [3.63, 3.8) is 0 Å². The third kappa shape index (κ3) is 5.91. The van der Waals surface area contributed by atoms with Crippen LogP contribution in [0.25, 0.3) is 0 Å². The van der Waals surface area contributed by atoms with Crippen LogP contribution in [0.3, 0.4) is 0 Å². The standard InChI is InChI=1S/C15H27N3S/c1-7-19-10-14-17-11(2)13(12(3)18-14)8-9-16-15(4,5)6/h16H,7-10H2,1-6H3. The fraction of sp³-hybridized carbons (Fsp3) is 0.733. The van der Waals surface area contributed by atoms with E-state index >= 15 is 0 Å². The minimum atomic E-state index is 0.167. The molecule has 1 N–H and O–H groups in total. The molecule has 0 unspecified atom stereocenters. The smallest absolute Gasteiger partial charge is 0.138 e. The summed E-state index contributed by atoms with van der Waals surface area (Å²) in [5.41, 5.74) is 3.73. The Labute approximate surface area is 122 Å². The second-order valence-corrected chi connectivity index (χ2v) is 7.13. The van der Waals surface area contributed by atoms with Crippen molar-refractivity contribution in [1.29, 1.82) is 0 Å². The Hall–Kier alpha value is -0.610. The molecule has 3 nitrogen and oxygen atoms in total. The van der Waals surface area contributed by atoms with Gasteiger partial charge in [-0.2, -0.15) is 11.8 Å². The van der Waals surface area contributed by atoms with Crippen LogP contribution < -0.4 is 5.32 Å². The van der Waals surface area contributed by atoms with Gasteiger partial charge in [-0.1, -0.05) is 6.92 Å². The average Bonchev–Trinajstić information content (AvgIpc) is 2.28. The maximum Gasteiger partial charge on any atom is 0.138 e. The van der Waals surface area contributed by atoms with Crippen molar-refractivity contribution < 1.29 is 0 Å². The molecule has 0 aliphatic rings. The van der Waals surface area contributed by atoms with E-state index in [0.717, 1.165) is 41.7 Å². The molecule has 1 aromatic rings. The zero-order chi connectivity index (χ0) is 14.5. The van der Waals surface area contributed by atoms with E-state index in [4.69, 9.17) is 0 Å². The van der Waals surface area contributed by atoms with E-state index in [1.54, 1.807) is 0 Å². The highest BCUT2D eigenvalue weighted by Gasteiger charge is 2.11. The van der Waals surface area contributed by atoms with E-state index in [1.807, 2.05) is 11.8 Å². The highest BCUT2D eigenvalue weighted by molar-refractivity contribution is 7.98. The molecule has 0 bridgehead atoms. The van der Waals surface area contributed by atoms with Gasteiger partial charge in [0, 0.05) is 16.9 Å². The first-order valence-electron chi connectivity index (χ1n) is 6.99. The topological polar surface area (TPSA) is 37.8 Å². The van der Waals surface area contributed by atoms with Crippen molar-refractivity contribution in [1.82, 2.24) is 15.3 Å². The predicted octanol–water partition coefficient (Wildman–Crippen LogP) is 3.28. The molecule has 1 rings (SSSR count). The summed E-state index contributed by atoms with van der Waals surface area (Å²) in [4.78, 5) is 9.25. The van der Waals surface area contributed by atoms with Crippen LogP contribution in [0.1, 0.15) is 50.5 Å². The Morgan fingerprint density at radius 2 is 1.68 bits per heavy atom. The van der Waals surface area contributed by atoms with Crippen molar-refractivity contribution in [2.45, 2.75) is 59.3 Å². The van der Waals surface area contributed by atoms with Crippen LogP contribution in [0.2, 0.25) is 0 Å². The fourth-order valence-electron chi connectivity index (χ4n) is 1.99. The maximum absolute atomic E-state index is 4.63. The molecule has 0 saturated heterocycles. The molecule has 0 fully saturated rings. The summed E-state index contributed by atoms with van der Waals surface area (Å²) in [5, 5.41) is 3.51. The Bertz CT molecular complexity index is 387. The minimum absolute atomic E-state index is 0.167. The molecule has 0 aliphatic carbocycles. The molecule has 0 aliphatic heterocycles. The van der Waals surface area contributed by atoms with Crippen LogP contribution >= 0.6 is 11.8 Å². The Balaban J connectivity index is 2.69. The highest BCUT2D eigenvalue weighted by Crippen LogP contribution is 2.14. The van der Waals surface area contributed by atoms with Crippen molar-refractivity contribution in [2.24, 2.45) is 0 Å². The van der Waals surface area contributed by atoms with Crippen LogP contribution in [-0.2, 0) is 12.2 Å². The average molecular weight is 281 g/mol. The number of hydrogen-bond donors (Lipinski definition) is 1. The van der Waals surface area contributed by atoms with E-state index in [9.17, 15) is 0 Å². The number of nitrogens with one attached hydrogen (secondary N) is 1.